The minimum Gasteiger partial charge on any atom is -0.465 e. The SMILES string of the molecule is CCOC(=O)CNC(c1ccccc1)c1ccccc1C. The molecule has 0 amide bonds. The number of esters is 1. The fourth-order valence-corrected chi connectivity index (χ4v) is 2.36. The maximum absolute atomic E-state index is 11.6. The highest BCUT2D eigenvalue weighted by Gasteiger charge is 2.16. The largest absolute Gasteiger partial charge is 0.465 e. The van der Waals surface area contributed by atoms with Gasteiger partial charge in [-0.2, -0.15) is 0 Å². The molecule has 0 heterocycles. The maximum Gasteiger partial charge on any atom is 0.319 e. The van der Waals surface area contributed by atoms with Gasteiger partial charge in [0, 0.05) is 0 Å². The van der Waals surface area contributed by atoms with E-state index in [4.69, 9.17) is 4.74 Å². The topological polar surface area (TPSA) is 38.3 Å². The third kappa shape index (κ3) is 4.17. The molecular weight excluding hydrogens is 262 g/mol. The highest BCUT2D eigenvalue weighted by atomic mass is 16.5. The van der Waals surface area contributed by atoms with Crippen LogP contribution >= 0.6 is 0 Å². The summed E-state index contributed by atoms with van der Waals surface area (Å²) in [6, 6.07) is 18.3. The van der Waals surface area contributed by atoms with Crippen molar-refractivity contribution in [2.24, 2.45) is 0 Å². The van der Waals surface area contributed by atoms with Crippen LogP contribution in [0.4, 0.5) is 0 Å². The lowest BCUT2D eigenvalue weighted by molar-refractivity contribution is -0.142. The van der Waals surface area contributed by atoms with Gasteiger partial charge in [0.1, 0.15) is 0 Å². The normalized spacial score (nSPS) is 11.9. The zero-order valence-electron chi connectivity index (χ0n) is 12.5. The number of aryl methyl sites for hydroxylation is 1. The molecule has 0 aliphatic heterocycles. The summed E-state index contributed by atoms with van der Waals surface area (Å²) in [6.07, 6.45) is 0. The van der Waals surface area contributed by atoms with E-state index in [1.54, 1.807) is 0 Å². The molecule has 0 bridgehead atoms. The summed E-state index contributed by atoms with van der Waals surface area (Å²) in [5.74, 6) is -0.230. The smallest absolute Gasteiger partial charge is 0.319 e. The van der Waals surface area contributed by atoms with Crippen molar-refractivity contribution in [1.82, 2.24) is 5.32 Å². The lowest BCUT2D eigenvalue weighted by Crippen LogP contribution is -2.30. The van der Waals surface area contributed by atoms with Crippen LogP contribution in [0.15, 0.2) is 54.6 Å². The standard InChI is InChI=1S/C18H21NO2/c1-3-21-17(20)13-19-18(15-10-5-4-6-11-15)16-12-8-7-9-14(16)2/h4-12,18-19H,3,13H2,1-2H3. The zero-order chi connectivity index (χ0) is 15.1. The average Bonchev–Trinajstić information content (AvgIpc) is 2.50. The second-order valence-electron chi connectivity index (χ2n) is 4.89. The first kappa shape index (κ1) is 15.3. The van der Waals surface area contributed by atoms with Crippen LogP contribution in [0.2, 0.25) is 0 Å². The Kier molecular flexibility index (Phi) is 5.52. The maximum atomic E-state index is 11.6. The summed E-state index contributed by atoms with van der Waals surface area (Å²) in [4.78, 5) is 11.6. The van der Waals surface area contributed by atoms with Crippen molar-refractivity contribution in [3.8, 4) is 0 Å². The van der Waals surface area contributed by atoms with E-state index in [0.717, 1.165) is 5.56 Å². The molecule has 21 heavy (non-hydrogen) atoms. The second-order valence-corrected chi connectivity index (χ2v) is 4.89. The summed E-state index contributed by atoms with van der Waals surface area (Å²) in [6.45, 7) is 4.49. The van der Waals surface area contributed by atoms with E-state index in [-0.39, 0.29) is 18.6 Å². The molecule has 110 valence electrons. The van der Waals surface area contributed by atoms with Crippen LogP contribution < -0.4 is 5.32 Å². The molecule has 1 atom stereocenters. The zero-order valence-corrected chi connectivity index (χ0v) is 12.5. The number of rotatable bonds is 6. The van der Waals surface area contributed by atoms with Gasteiger partial charge in [0.2, 0.25) is 0 Å². The number of hydrogen-bond donors (Lipinski definition) is 1. The number of hydrogen-bond acceptors (Lipinski definition) is 3. The average molecular weight is 283 g/mol. The molecule has 0 radical (unpaired) electrons. The van der Waals surface area contributed by atoms with E-state index in [1.165, 1.54) is 11.1 Å². The van der Waals surface area contributed by atoms with Gasteiger partial charge in [0.05, 0.1) is 19.2 Å². The van der Waals surface area contributed by atoms with Crippen LogP contribution in [0.25, 0.3) is 0 Å². The fraction of sp³-hybridized carbons (Fsp3) is 0.278. The third-order valence-electron chi connectivity index (χ3n) is 3.39. The Morgan fingerprint density at radius 1 is 1.10 bits per heavy atom. The van der Waals surface area contributed by atoms with E-state index in [2.05, 4.69) is 36.5 Å². The molecule has 1 N–H and O–H groups in total. The molecule has 0 aliphatic rings. The van der Waals surface area contributed by atoms with Crippen molar-refractivity contribution < 1.29 is 9.53 Å². The highest BCUT2D eigenvalue weighted by Crippen LogP contribution is 2.24. The first-order valence-corrected chi connectivity index (χ1v) is 7.22. The number of nitrogens with one attached hydrogen (secondary N) is 1. The first-order valence-electron chi connectivity index (χ1n) is 7.22. The Labute approximate surface area is 126 Å². The van der Waals surface area contributed by atoms with E-state index in [1.807, 2.05) is 37.3 Å². The van der Waals surface area contributed by atoms with Crippen LogP contribution in [-0.2, 0) is 9.53 Å². The third-order valence-corrected chi connectivity index (χ3v) is 3.39. The Morgan fingerprint density at radius 3 is 2.43 bits per heavy atom. The van der Waals surface area contributed by atoms with Gasteiger partial charge in [-0.05, 0) is 30.5 Å². The predicted molar refractivity (Wildman–Crippen MR) is 84.1 cm³/mol. The van der Waals surface area contributed by atoms with Gasteiger partial charge in [-0.25, -0.2) is 0 Å². The minimum absolute atomic E-state index is 0.0168. The van der Waals surface area contributed by atoms with Gasteiger partial charge in [-0.3, -0.25) is 10.1 Å². The molecule has 0 spiro atoms. The summed E-state index contributed by atoms with van der Waals surface area (Å²) in [5, 5.41) is 3.30. The Morgan fingerprint density at radius 2 is 1.76 bits per heavy atom. The summed E-state index contributed by atoms with van der Waals surface area (Å²) < 4.78 is 4.99. The van der Waals surface area contributed by atoms with Gasteiger partial charge < -0.3 is 4.74 Å². The molecule has 1 unspecified atom stereocenters. The van der Waals surface area contributed by atoms with E-state index in [9.17, 15) is 4.79 Å². The fourth-order valence-electron chi connectivity index (χ4n) is 2.36. The van der Waals surface area contributed by atoms with E-state index < -0.39 is 0 Å². The van der Waals surface area contributed by atoms with Crippen molar-refractivity contribution in [1.29, 1.82) is 0 Å². The van der Waals surface area contributed by atoms with Crippen molar-refractivity contribution in [3.05, 3.63) is 71.3 Å². The van der Waals surface area contributed by atoms with Crippen LogP contribution in [0.5, 0.6) is 0 Å². The number of ether oxygens (including phenoxy) is 1. The summed E-state index contributed by atoms with van der Waals surface area (Å²) in [7, 11) is 0. The van der Waals surface area contributed by atoms with Crippen molar-refractivity contribution in [2.75, 3.05) is 13.2 Å². The number of carbonyl (C=O) groups is 1. The molecule has 2 aromatic rings. The van der Waals surface area contributed by atoms with Crippen LogP contribution in [0.1, 0.15) is 29.7 Å². The van der Waals surface area contributed by atoms with Gasteiger partial charge in [0.25, 0.3) is 0 Å². The molecule has 3 heteroatoms. The van der Waals surface area contributed by atoms with Crippen LogP contribution in [0.3, 0.4) is 0 Å². The lowest BCUT2D eigenvalue weighted by Gasteiger charge is -2.21. The molecule has 0 aromatic heterocycles. The van der Waals surface area contributed by atoms with Gasteiger partial charge in [-0.15, -0.1) is 0 Å². The summed E-state index contributed by atoms with van der Waals surface area (Å²) in [5.41, 5.74) is 3.51. The molecule has 2 rings (SSSR count). The molecule has 0 saturated heterocycles. The lowest BCUT2D eigenvalue weighted by atomic mass is 9.95. The van der Waals surface area contributed by atoms with Gasteiger partial charge in [0.15, 0.2) is 0 Å². The van der Waals surface area contributed by atoms with Gasteiger partial charge >= 0.3 is 5.97 Å². The monoisotopic (exact) mass is 283 g/mol. The van der Waals surface area contributed by atoms with Crippen molar-refractivity contribution in [2.45, 2.75) is 19.9 Å². The first-order chi connectivity index (χ1) is 10.2. The van der Waals surface area contributed by atoms with E-state index in [0.29, 0.717) is 6.61 Å². The predicted octanol–water partition coefficient (Wildman–Crippen LogP) is 3.24. The molecule has 0 fully saturated rings. The molecule has 0 saturated carbocycles. The molecule has 3 nitrogen and oxygen atoms in total. The molecule has 0 aliphatic carbocycles. The second kappa shape index (κ2) is 7.60. The van der Waals surface area contributed by atoms with E-state index >= 15 is 0 Å². The quantitative estimate of drug-likeness (QED) is 0.827. The summed E-state index contributed by atoms with van der Waals surface area (Å²) >= 11 is 0. The molecular formula is C18H21NO2. The van der Waals surface area contributed by atoms with Crippen molar-refractivity contribution in [3.63, 3.8) is 0 Å². The van der Waals surface area contributed by atoms with Crippen molar-refractivity contribution >= 4 is 5.97 Å². The number of benzene rings is 2. The number of carbonyl (C=O) groups excluding carboxylic acids is 1. The molecule has 2 aromatic carbocycles. The van der Waals surface area contributed by atoms with Gasteiger partial charge in [-0.1, -0.05) is 54.6 Å². The minimum atomic E-state index is -0.230. The van der Waals surface area contributed by atoms with Crippen LogP contribution in [-0.4, -0.2) is 19.1 Å². The Bertz CT molecular complexity index is 581. The Hall–Kier alpha value is -2.13. The van der Waals surface area contributed by atoms with Crippen LogP contribution in [0, 0.1) is 6.92 Å². The Balaban J connectivity index is 2.23. The highest BCUT2D eigenvalue weighted by molar-refractivity contribution is 5.71.